The van der Waals surface area contributed by atoms with Gasteiger partial charge in [-0.15, -0.1) is 0 Å². The molecule has 0 saturated heterocycles. The molecule has 4 rings (SSSR count). The van der Waals surface area contributed by atoms with Gasteiger partial charge >= 0.3 is 0 Å². The molecule has 0 atom stereocenters. The number of H-pyrrole nitrogens is 1. The van der Waals surface area contributed by atoms with Crippen LogP contribution in [0.4, 0.5) is 5.69 Å². The zero-order valence-corrected chi connectivity index (χ0v) is 21.2. The smallest absolute Gasteiger partial charge is 0.264 e. The highest BCUT2D eigenvalue weighted by Crippen LogP contribution is 2.31. The minimum absolute atomic E-state index is 0.147. The van der Waals surface area contributed by atoms with Gasteiger partial charge in [0.1, 0.15) is 11.6 Å². The van der Waals surface area contributed by atoms with Crippen LogP contribution in [-0.4, -0.2) is 27.6 Å². The van der Waals surface area contributed by atoms with Crippen molar-refractivity contribution in [3.8, 4) is 17.1 Å². The molecule has 3 aromatic carbocycles. The van der Waals surface area contributed by atoms with Gasteiger partial charge in [-0.3, -0.25) is 10.1 Å². The number of aromatic nitrogens is 2. The van der Waals surface area contributed by atoms with E-state index in [0.29, 0.717) is 26.5 Å². The number of thiocarbonyl (C=S) groups is 1. The third kappa shape index (κ3) is 5.62. The van der Waals surface area contributed by atoms with Gasteiger partial charge in [0.25, 0.3) is 5.91 Å². The third-order valence-electron chi connectivity index (χ3n) is 4.97. The molecule has 0 fully saturated rings. The topological polar surface area (TPSA) is 79.0 Å². The van der Waals surface area contributed by atoms with Crippen molar-refractivity contribution in [1.29, 1.82) is 0 Å². The lowest BCUT2D eigenvalue weighted by molar-refractivity contribution is -0.121. The molecule has 0 aliphatic rings. The van der Waals surface area contributed by atoms with E-state index in [0.717, 1.165) is 33.5 Å². The number of benzene rings is 3. The number of aryl methyl sites for hydroxylation is 2. The Kier molecular flexibility index (Phi) is 7.28. The highest BCUT2D eigenvalue weighted by Gasteiger charge is 2.12. The first kappa shape index (κ1) is 24.3. The normalized spacial score (nSPS) is 10.9. The van der Waals surface area contributed by atoms with Crippen LogP contribution >= 0.6 is 47.0 Å². The average molecular weight is 534 g/mol. The van der Waals surface area contributed by atoms with Crippen LogP contribution in [0, 0.1) is 13.8 Å². The maximum atomic E-state index is 12.2. The van der Waals surface area contributed by atoms with Gasteiger partial charge in [0, 0.05) is 21.3 Å². The molecule has 1 heterocycles. The van der Waals surface area contributed by atoms with Crippen molar-refractivity contribution in [2.75, 3.05) is 11.9 Å². The van der Waals surface area contributed by atoms with E-state index >= 15 is 0 Å². The highest BCUT2D eigenvalue weighted by atomic mass is 35.5. The zero-order chi connectivity index (χ0) is 24.4. The molecule has 174 valence electrons. The number of carbonyl (C=O) groups excluding carboxylic acids is 1. The lowest BCUT2D eigenvalue weighted by Crippen LogP contribution is -2.37. The predicted octanol–water partition coefficient (Wildman–Crippen LogP) is 6.70. The Morgan fingerprint density at radius 1 is 1.03 bits per heavy atom. The summed E-state index contributed by atoms with van der Waals surface area (Å²) in [7, 11) is 0. The zero-order valence-electron chi connectivity index (χ0n) is 18.1. The van der Waals surface area contributed by atoms with E-state index < -0.39 is 5.91 Å². The lowest BCUT2D eigenvalue weighted by Gasteiger charge is -2.13. The summed E-state index contributed by atoms with van der Waals surface area (Å²) in [5.74, 6) is 0.710. The Bertz CT molecular complexity index is 1340. The second kappa shape index (κ2) is 10.2. The second-order valence-electron chi connectivity index (χ2n) is 7.61. The summed E-state index contributed by atoms with van der Waals surface area (Å²) in [6.45, 7) is 3.49. The molecule has 1 amide bonds. The van der Waals surface area contributed by atoms with Gasteiger partial charge in [0.15, 0.2) is 11.7 Å². The molecule has 0 unspecified atom stereocenters. The van der Waals surface area contributed by atoms with Gasteiger partial charge in [-0.05, 0) is 85.7 Å². The minimum Gasteiger partial charge on any atom is -0.482 e. The number of imidazole rings is 1. The average Bonchev–Trinajstić information content (AvgIpc) is 3.16. The van der Waals surface area contributed by atoms with E-state index in [-0.39, 0.29) is 11.7 Å². The predicted molar refractivity (Wildman–Crippen MR) is 142 cm³/mol. The summed E-state index contributed by atoms with van der Waals surface area (Å²) in [6.07, 6.45) is 0. The van der Waals surface area contributed by atoms with Crippen LogP contribution in [0.25, 0.3) is 22.4 Å². The molecule has 10 heteroatoms. The molecule has 0 spiro atoms. The minimum atomic E-state index is -0.421. The van der Waals surface area contributed by atoms with E-state index in [9.17, 15) is 4.79 Å². The molecule has 1 aromatic heterocycles. The van der Waals surface area contributed by atoms with Crippen molar-refractivity contribution in [2.24, 2.45) is 0 Å². The number of amides is 1. The van der Waals surface area contributed by atoms with Crippen LogP contribution in [0.3, 0.4) is 0 Å². The second-order valence-corrected chi connectivity index (χ2v) is 9.26. The van der Waals surface area contributed by atoms with Crippen molar-refractivity contribution in [3.05, 3.63) is 74.7 Å². The lowest BCUT2D eigenvalue weighted by atomic mass is 10.2. The van der Waals surface area contributed by atoms with Crippen molar-refractivity contribution < 1.29 is 9.53 Å². The number of anilines is 1. The number of aromatic amines is 1. The number of hydrogen-bond acceptors (Lipinski definition) is 4. The molecular weight excluding hydrogens is 515 g/mol. The van der Waals surface area contributed by atoms with Crippen LogP contribution in [-0.2, 0) is 4.79 Å². The van der Waals surface area contributed by atoms with Crippen molar-refractivity contribution in [2.45, 2.75) is 13.8 Å². The van der Waals surface area contributed by atoms with Gasteiger partial charge in [-0.25, -0.2) is 4.98 Å². The molecule has 4 aromatic rings. The first-order valence-corrected chi connectivity index (χ1v) is 11.7. The molecule has 34 heavy (non-hydrogen) atoms. The van der Waals surface area contributed by atoms with Crippen molar-refractivity contribution in [1.82, 2.24) is 15.3 Å². The molecule has 0 aliphatic carbocycles. The maximum absolute atomic E-state index is 12.2. The number of hydrogen-bond donors (Lipinski definition) is 3. The molecule has 0 bridgehead atoms. The molecule has 6 nitrogen and oxygen atoms in total. The highest BCUT2D eigenvalue weighted by molar-refractivity contribution is 7.80. The summed E-state index contributed by atoms with van der Waals surface area (Å²) >= 11 is 23.5. The van der Waals surface area contributed by atoms with Gasteiger partial charge < -0.3 is 15.0 Å². The van der Waals surface area contributed by atoms with E-state index in [4.69, 9.17) is 51.8 Å². The summed E-state index contributed by atoms with van der Waals surface area (Å²) in [5, 5.41) is 7.21. The van der Waals surface area contributed by atoms with Crippen LogP contribution in [0.15, 0.2) is 48.5 Å². The number of carbonyl (C=O) groups is 1. The summed E-state index contributed by atoms with van der Waals surface area (Å²) in [4.78, 5) is 20.1. The van der Waals surface area contributed by atoms with Gasteiger partial charge in [0.2, 0.25) is 0 Å². The van der Waals surface area contributed by atoms with Crippen LogP contribution in [0.1, 0.15) is 11.1 Å². The maximum Gasteiger partial charge on any atom is 0.264 e. The molecule has 0 radical (unpaired) electrons. The molecular formula is C24H19Cl3N4O2S. The summed E-state index contributed by atoms with van der Waals surface area (Å²) < 4.78 is 5.53. The van der Waals surface area contributed by atoms with E-state index in [1.807, 2.05) is 43.3 Å². The SMILES string of the molecule is Cc1cc2[nH]c(-c3ccc(NC(=S)NC(=O)COc4c(C)cc(Cl)cc4Cl)cc3)nc2cc1Cl. The van der Waals surface area contributed by atoms with Crippen molar-refractivity contribution >= 4 is 74.8 Å². The van der Waals surface area contributed by atoms with Crippen LogP contribution in [0.2, 0.25) is 15.1 Å². The van der Waals surface area contributed by atoms with Gasteiger partial charge in [0.05, 0.1) is 16.1 Å². The Hall–Kier alpha value is -2.84. The Balaban J connectivity index is 1.34. The van der Waals surface area contributed by atoms with E-state index in [1.54, 1.807) is 19.1 Å². The quantitative estimate of drug-likeness (QED) is 0.249. The number of nitrogens with one attached hydrogen (secondary N) is 3. The summed E-state index contributed by atoms with van der Waals surface area (Å²) in [6, 6.07) is 14.5. The largest absolute Gasteiger partial charge is 0.482 e. The Morgan fingerprint density at radius 2 is 1.76 bits per heavy atom. The fourth-order valence-electron chi connectivity index (χ4n) is 3.32. The fraction of sp³-hybridized carbons (Fsp3) is 0.125. The fourth-order valence-corrected chi connectivity index (χ4v) is 4.36. The van der Waals surface area contributed by atoms with E-state index in [1.165, 1.54) is 0 Å². The monoisotopic (exact) mass is 532 g/mol. The standard InChI is InChI=1S/C24H19Cl3N4O2S/c1-12-8-19-20(10-17(12)26)30-23(29-19)14-3-5-16(6-4-14)28-24(34)31-21(32)11-33-22-13(2)7-15(25)9-18(22)27/h3-10H,11H2,1-2H3,(H,29,30)(H2,28,31,32,34). The number of fused-ring (bicyclic) bond motifs is 1. The number of ether oxygens (including phenoxy) is 1. The van der Waals surface area contributed by atoms with Crippen LogP contribution in [0.5, 0.6) is 5.75 Å². The molecule has 0 aliphatic heterocycles. The molecule has 3 N–H and O–H groups in total. The summed E-state index contributed by atoms with van der Waals surface area (Å²) in [5.41, 5.74) is 5.04. The third-order valence-corrected chi connectivity index (χ3v) is 6.08. The van der Waals surface area contributed by atoms with Crippen molar-refractivity contribution in [3.63, 3.8) is 0 Å². The first-order valence-electron chi connectivity index (χ1n) is 10.1. The van der Waals surface area contributed by atoms with E-state index in [2.05, 4.69) is 20.6 Å². The number of halogens is 3. The van der Waals surface area contributed by atoms with Gasteiger partial charge in [-0.2, -0.15) is 0 Å². The number of rotatable bonds is 5. The Labute approximate surface area is 216 Å². The first-order chi connectivity index (χ1) is 16.2. The van der Waals surface area contributed by atoms with Crippen LogP contribution < -0.4 is 15.4 Å². The van der Waals surface area contributed by atoms with Gasteiger partial charge in [-0.1, -0.05) is 34.8 Å². The Morgan fingerprint density at radius 3 is 2.47 bits per heavy atom. The molecule has 0 saturated carbocycles. The number of nitrogens with zero attached hydrogens (tertiary/aromatic N) is 1.